The van der Waals surface area contributed by atoms with Crippen molar-refractivity contribution in [1.82, 2.24) is 14.5 Å². The van der Waals surface area contributed by atoms with Crippen molar-refractivity contribution in [3.63, 3.8) is 0 Å². The van der Waals surface area contributed by atoms with Crippen LogP contribution < -0.4 is 15.5 Å². The lowest BCUT2D eigenvalue weighted by atomic mass is 10.0. The van der Waals surface area contributed by atoms with E-state index in [0.29, 0.717) is 29.9 Å². The van der Waals surface area contributed by atoms with Crippen molar-refractivity contribution in [2.75, 3.05) is 26.0 Å². The molecule has 0 aliphatic carbocycles. The minimum atomic E-state index is -0.633. The highest BCUT2D eigenvalue weighted by Gasteiger charge is 2.29. The number of carbonyl (C=O) groups is 1. The third-order valence-electron chi connectivity index (χ3n) is 6.56. The Morgan fingerprint density at radius 2 is 1.89 bits per heavy atom. The van der Waals surface area contributed by atoms with Crippen LogP contribution in [0.25, 0.3) is 27.4 Å². The van der Waals surface area contributed by atoms with Crippen LogP contribution in [0.15, 0.2) is 77.9 Å². The molecule has 8 heteroatoms. The van der Waals surface area contributed by atoms with E-state index in [0.717, 1.165) is 16.5 Å². The van der Waals surface area contributed by atoms with Gasteiger partial charge in [-0.2, -0.15) is 0 Å². The van der Waals surface area contributed by atoms with Gasteiger partial charge in [0, 0.05) is 50.5 Å². The summed E-state index contributed by atoms with van der Waals surface area (Å²) in [7, 11) is 3.16. The summed E-state index contributed by atoms with van der Waals surface area (Å²) >= 11 is 0. The maximum absolute atomic E-state index is 15.5. The summed E-state index contributed by atoms with van der Waals surface area (Å²) in [6.45, 7) is 0.405. The predicted octanol–water partition coefficient (Wildman–Crippen LogP) is 5.14. The molecule has 37 heavy (non-hydrogen) atoms. The molecule has 1 amide bonds. The van der Waals surface area contributed by atoms with E-state index in [4.69, 9.17) is 4.74 Å². The number of nitrogens with one attached hydrogen (secondary N) is 1. The van der Waals surface area contributed by atoms with Gasteiger partial charge in [-0.15, -0.1) is 0 Å². The van der Waals surface area contributed by atoms with E-state index >= 15 is 4.39 Å². The van der Waals surface area contributed by atoms with Crippen LogP contribution >= 0.6 is 0 Å². The van der Waals surface area contributed by atoms with E-state index in [1.54, 1.807) is 31.1 Å². The van der Waals surface area contributed by atoms with E-state index in [1.165, 1.54) is 11.0 Å². The zero-order valence-corrected chi connectivity index (χ0v) is 20.3. The predicted molar refractivity (Wildman–Crippen MR) is 142 cm³/mol. The minimum Gasteiger partial charge on any atom is -0.451 e. The van der Waals surface area contributed by atoms with Gasteiger partial charge in [-0.25, -0.2) is 4.39 Å². The van der Waals surface area contributed by atoms with Crippen LogP contribution in [0, 0.1) is 5.82 Å². The average molecular weight is 495 g/mol. The smallest absolute Gasteiger partial charge is 0.258 e. The van der Waals surface area contributed by atoms with Gasteiger partial charge in [-0.1, -0.05) is 36.4 Å². The Hall–Kier alpha value is -4.72. The van der Waals surface area contributed by atoms with Crippen molar-refractivity contribution in [3.8, 4) is 17.2 Å². The molecule has 5 aromatic rings. The van der Waals surface area contributed by atoms with E-state index in [2.05, 4.69) is 10.3 Å². The molecule has 0 saturated heterocycles. The van der Waals surface area contributed by atoms with Crippen molar-refractivity contribution >= 4 is 33.3 Å². The second-order valence-electron chi connectivity index (χ2n) is 9.13. The zero-order valence-electron chi connectivity index (χ0n) is 20.3. The van der Waals surface area contributed by atoms with Crippen molar-refractivity contribution in [3.05, 3.63) is 100 Å². The van der Waals surface area contributed by atoms with Crippen LogP contribution in [-0.4, -0.2) is 41.0 Å². The molecule has 1 aliphatic heterocycles. The average Bonchev–Trinajstić information content (AvgIpc) is 2.91. The summed E-state index contributed by atoms with van der Waals surface area (Å²) in [5.41, 5.74) is 1.53. The molecule has 2 aromatic heterocycles. The van der Waals surface area contributed by atoms with Crippen LogP contribution in [0.2, 0.25) is 0 Å². The number of amides is 1. The molecule has 0 spiro atoms. The Bertz CT molecular complexity index is 1760. The lowest BCUT2D eigenvalue weighted by Crippen LogP contribution is -2.29. The first-order chi connectivity index (χ1) is 17.9. The standard InChI is InChI=1S/C29H23FN4O3/c1-33(2)29(36)21-16-34-25-19-9-4-3-7-17(19)10-11-23(25)37-28-24(22(30)15-20(26(28)34)27(21)35)32-14-12-18-8-5-6-13-31-18/h3-11,13,15-16,32H,12,14H2,1-2H3. The number of ether oxygens (including phenoxy) is 1. The monoisotopic (exact) mass is 494 g/mol. The number of hydrogen-bond acceptors (Lipinski definition) is 5. The third kappa shape index (κ3) is 3.69. The van der Waals surface area contributed by atoms with Gasteiger partial charge in [0.05, 0.1) is 11.1 Å². The molecule has 0 atom stereocenters. The van der Waals surface area contributed by atoms with Crippen LogP contribution in [0.3, 0.4) is 0 Å². The summed E-state index contributed by atoms with van der Waals surface area (Å²) < 4.78 is 23.6. The van der Waals surface area contributed by atoms with Gasteiger partial charge in [-0.05, 0) is 29.7 Å². The van der Waals surface area contributed by atoms with Crippen LogP contribution in [-0.2, 0) is 6.42 Å². The number of aromatic nitrogens is 2. The van der Waals surface area contributed by atoms with E-state index in [-0.39, 0.29) is 22.4 Å². The summed E-state index contributed by atoms with van der Waals surface area (Å²) in [5.74, 6) is -0.383. The molecule has 0 saturated carbocycles. The number of nitrogens with zero attached hydrogens (tertiary/aromatic N) is 3. The summed E-state index contributed by atoms with van der Waals surface area (Å²) in [6, 6.07) is 18.4. The highest BCUT2D eigenvalue weighted by Crippen LogP contribution is 2.47. The highest BCUT2D eigenvalue weighted by atomic mass is 19.1. The second kappa shape index (κ2) is 8.74. The fourth-order valence-electron chi connectivity index (χ4n) is 4.80. The van der Waals surface area contributed by atoms with Crippen LogP contribution in [0.1, 0.15) is 16.1 Å². The van der Waals surface area contributed by atoms with Gasteiger partial charge < -0.3 is 19.5 Å². The molecular formula is C29H23FN4O3. The number of anilines is 1. The first-order valence-electron chi connectivity index (χ1n) is 11.9. The summed E-state index contributed by atoms with van der Waals surface area (Å²) in [6.07, 6.45) is 3.83. The number of rotatable bonds is 5. The lowest BCUT2D eigenvalue weighted by Gasteiger charge is -2.27. The largest absolute Gasteiger partial charge is 0.451 e. The fourth-order valence-corrected chi connectivity index (χ4v) is 4.80. The van der Waals surface area contributed by atoms with Gasteiger partial charge in [0.1, 0.15) is 16.8 Å². The number of pyridine rings is 2. The molecule has 0 radical (unpaired) electrons. The van der Waals surface area contributed by atoms with E-state index in [9.17, 15) is 9.59 Å². The van der Waals surface area contributed by atoms with Gasteiger partial charge in [0.25, 0.3) is 5.91 Å². The summed E-state index contributed by atoms with van der Waals surface area (Å²) in [5, 5.41) is 5.08. The Morgan fingerprint density at radius 1 is 1.08 bits per heavy atom. The number of benzene rings is 3. The third-order valence-corrected chi connectivity index (χ3v) is 6.56. The van der Waals surface area contributed by atoms with Crippen molar-refractivity contribution < 1.29 is 13.9 Å². The molecule has 184 valence electrons. The number of halogens is 1. The van der Waals surface area contributed by atoms with Gasteiger partial charge in [0.2, 0.25) is 5.43 Å². The minimum absolute atomic E-state index is 0.0421. The maximum atomic E-state index is 15.5. The lowest BCUT2D eigenvalue weighted by molar-refractivity contribution is 0.0826. The molecule has 1 aliphatic rings. The molecule has 0 unspecified atom stereocenters. The molecular weight excluding hydrogens is 471 g/mol. The molecule has 3 heterocycles. The van der Waals surface area contributed by atoms with E-state index < -0.39 is 17.2 Å². The first kappa shape index (κ1) is 22.7. The number of hydrogen-bond donors (Lipinski definition) is 1. The topological polar surface area (TPSA) is 76.5 Å². The Labute approximate surface area is 211 Å². The Kier molecular flexibility index (Phi) is 5.37. The Morgan fingerprint density at radius 3 is 2.68 bits per heavy atom. The van der Waals surface area contributed by atoms with Crippen LogP contribution in [0.4, 0.5) is 10.1 Å². The van der Waals surface area contributed by atoms with Crippen molar-refractivity contribution in [2.45, 2.75) is 6.42 Å². The highest BCUT2D eigenvalue weighted by molar-refractivity contribution is 6.03. The van der Waals surface area contributed by atoms with Crippen molar-refractivity contribution in [2.24, 2.45) is 0 Å². The zero-order chi connectivity index (χ0) is 25.7. The molecule has 0 fully saturated rings. The van der Waals surface area contributed by atoms with Crippen molar-refractivity contribution in [1.29, 1.82) is 0 Å². The second-order valence-corrected chi connectivity index (χ2v) is 9.13. The molecule has 0 bridgehead atoms. The van der Waals surface area contributed by atoms with E-state index in [1.807, 2.05) is 54.6 Å². The molecule has 6 rings (SSSR count). The first-order valence-corrected chi connectivity index (χ1v) is 11.9. The van der Waals surface area contributed by atoms with Gasteiger partial charge >= 0.3 is 0 Å². The molecule has 1 N–H and O–H groups in total. The number of carbonyl (C=O) groups excluding carboxylic acids is 1. The summed E-state index contributed by atoms with van der Waals surface area (Å²) in [4.78, 5) is 32.0. The SMILES string of the molecule is CN(C)C(=O)c1cn2c3c(c(NCCc4ccccn4)c(F)cc3c1=O)Oc1ccc3ccccc3c1-2. The van der Waals surface area contributed by atoms with Gasteiger partial charge in [0.15, 0.2) is 17.3 Å². The molecule has 3 aromatic carbocycles. The van der Waals surface area contributed by atoms with Crippen LogP contribution in [0.5, 0.6) is 11.5 Å². The normalized spacial score (nSPS) is 11.8. The quantitative estimate of drug-likeness (QED) is 0.359. The van der Waals surface area contributed by atoms with Gasteiger partial charge in [-0.3, -0.25) is 14.6 Å². The number of fused-ring (bicyclic) bond motifs is 4. The fraction of sp³-hybridized carbons (Fsp3) is 0.138. The maximum Gasteiger partial charge on any atom is 0.258 e. The molecule has 7 nitrogen and oxygen atoms in total. The Balaban J connectivity index is 1.60.